The first-order valence-corrected chi connectivity index (χ1v) is 10.2. The number of aromatic nitrogens is 3. The molecule has 31 heavy (non-hydrogen) atoms. The van der Waals surface area contributed by atoms with Crippen LogP contribution in [-0.4, -0.2) is 46.5 Å². The number of para-hydroxylation sites is 2. The number of hydrazone groups is 1. The van der Waals surface area contributed by atoms with Gasteiger partial charge in [0, 0.05) is 24.3 Å². The maximum atomic E-state index is 10.2. The monoisotopic (exact) mass is 419 g/mol. The van der Waals surface area contributed by atoms with E-state index < -0.39 is 0 Å². The Bertz CT molecular complexity index is 1040. The van der Waals surface area contributed by atoms with Gasteiger partial charge in [-0.05, 0) is 43.5 Å². The Morgan fingerprint density at radius 3 is 2.52 bits per heavy atom. The van der Waals surface area contributed by atoms with Crippen molar-refractivity contribution in [1.29, 1.82) is 0 Å². The molecule has 0 amide bonds. The highest BCUT2D eigenvalue weighted by atomic mass is 16.5. The van der Waals surface area contributed by atoms with E-state index in [2.05, 4.69) is 35.7 Å². The number of aromatic hydroxyl groups is 1. The number of nitrogens with one attached hydrogen (secondary N) is 2. The van der Waals surface area contributed by atoms with Crippen molar-refractivity contribution in [2.24, 2.45) is 5.10 Å². The van der Waals surface area contributed by atoms with Gasteiger partial charge in [0.1, 0.15) is 0 Å². The van der Waals surface area contributed by atoms with Gasteiger partial charge >= 0.3 is 0 Å². The average molecular weight is 419 g/mol. The molecule has 0 saturated carbocycles. The normalized spacial score (nSPS) is 13.9. The standard InChI is InChI=1S/C22H25N7O2/c1-31-18-12-8-9-16(19(18)30)15-23-28-21-25-20(24-17-10-4-2-5-11-17)26-22(27-21)29-13-6-3-7-14-29/h2,4-5,8-12,15,30H,3,6-7,13-14H2,1H3,(H2,24,25,26,27,28)/b23-15+. The largest absolute Gasteiger partial charge is 0.504 e. The molecule has 1 aromatic heterocycles. The predicted octanol–water partition coefficient (Wildman–Crippen LogP) is 3.77. The molecule has 4 rings (SSSR count). The molecule has 0 bridgehead atoms. The summed E-state index contributed by atoms with van der Waals surface area (Å²) in [6, 6.07) is 14.9. The zero-order valence-electron chi connectivity index (χ0n) is 17.3. The van der Waals surface area contributed by atoms with Gasteiger partial charge in [-0.25, -0.2) is 5.43 Å². The highest BCUT2D eigenvalue weighted by Gasteiger charge is 2.16. The van der Waals surface area contributed by atoms with E-state index in [4.69, 9.17) is 4.74 Å². The number of piperidine rings is 1. The molecule has 1 saturated heterocycles. The Balaban J connectivity index is 1.57. The van der Waals surface area contributed by atoms with Gasteiger partial charge in [-0.2, -0.15) is 20.1 Å². The van der Waals surface area contributed by atoms with Crippen LogP contribution >= 0.6 is 0 Å². The number of phenols is 1. The summed E-state index contributed by atoms with van der Waals surface area (Å²) < 4.78 is 5.13. The van der Waals surface area contributed by atoms with Crippen LogP contribution in [0.4, 0.5) is 23.5 Å². The molecule has 0 aliphatic carbocycles. The second-order valence-corrected chi connectivity index (χ2v) is 7.09. The van der Waals surface area contributed by atoms with Gasteiger partial charge in [0.2, 0.25) is 17.8 Å². The molecule has 1 aliphatic heterocycles. The van der Waals surface area contributed by atoms with Crippen molar-refractivity contribution in [1.82, 2.24) is 15.0 Å². The SMILES string of the molecule is COc1cccc(/C=N/Nc2nc(Nc3ccccc3)nc(N3CCCCC3)n2)c1O. The van der Waals surface area contributed by atoms with Crippen molar-refractivity contribution in [3.8, 4) is 11.5 Å². The summed E-state index contributed by atoms with van der Waals surface area (Å²) in [5.41, 5.74) is 4.25. The van der Waals surface area contributed by atoms with Gasteiger partial charge in [-0.15, -0.1) is 0 Å². The van der Waals surface area contributed by atoms with E-state index in [9.17, 15) is 5.11 Å². The first-order chi connectivity index (χ1) is 15.2. The van der Waals surface area contributed by atoms with Crippen molar-refractivity contribution < 1.29 is 9.84 Å². The third-order valence-electron chi connectivity index (χ3n) is 4.91. The number of hydrogen-bond donors (Lipinski definition) is 3. The van der Waals surface area contributed by atoms with Gasteiger partial charge in [-0.3, -0.25) is 0 Å². The van der Waals surface area contributed by atoms with E-state index in [1.54, 1.807) is 18.2 Å². The van der Waals surface area contributed by atoms with Crippen molar-refractivity contribution >= 4 is 29.7 Å². The Morgan fingerprint density at radius 2 is 1.74 bits per heavy atom. The van der Waals surface area contributed by atoms with Crippen LogP contribution in [0, 0.1) is 0 Å². The molecule has 3 N–H and O–H groups in total. The lowest BCUT2D eigenvalue weighted by Gasteiger charge is -2.26. The molecule has 3 aromatic rings. The van der Waals surface area contributed by atoms with E-state index in [1.807, 2.05) is 30.3 Å². The Morgan fingerprint density at radius 1 is 0.968 bits per heavy atom. The fraction of sp³-hybridized carbons (Fsp3) is 0.273. The van der Waals surface area contributed by atoms with E-state index in [0.717, 1.165) is 31.6 Å². The van der Waals surface area contributed by atoms with Crippen molar-refractivity contribution in [3.05, 3.63) is 54.1 Å². The molecule has 2 aromatic carbocycles. The van der Waals surface area contributed by atoms with E-state index in [0.29, 0.717) is 29.2 Å². The number of nitrogens with zero attached hydrogens (tertiary/aromatic N) is 5. The number of methoxy groups -OCH3 is 1. The molecule has 0 spiro atoms. The van der Waals surface area contributed by atoms with Gasteiger partial charge in [0.25, 0.3) is 0 Å². The molecule has 9 heteroatoms. The number of ether oxygens (including phenoxy) is 1. The Hall–Kier alpha value is -3.88. The smallest absolute Gasteiger partial charge is 0.250 e. The zero-order valence-corrected chi connectivity index (χ0v) is 17.3. The molecule has 9 nitrogen and oxygen atoms in total. The van der Waals surface area contributed by atoms with Crippen molar-refractivity contribution in [3.63, 3.8) is 0 Å². The maximum Gasteiger partial charge on any atom is 0.250 e. The highest BCUT2D eigenvalue weighted by molar-refractivity contribution is 5.85. The molecule has 0 unspecified atom stereocenters. The van der Waals surface area contributed by atoms with Gasteiger partial charge < -0.3 is 20.1 Å². The van der Waals surface area contributed by atoms with Crippen LogP contribution in [0.15, 0.2) is 53.6 Å². The second kappa shape index (κ2) is 9.75. The molecule has 1 aliphatic rings. The molecule has 2 heterocycles. The molecular weight excluding hydrogens is 394 g/mol. The van der Waals surface area contributed by atoms with E-state index in [-0.39, 0.29) is 5.75 Å². The summed E-state index contributed by atoms with van der Waals surface area (Å²) in [4.78, 5) is 15.7. The summed E-state index contributed by atoms with van der Waals surface area (Å²) in [5.74, 6) is 1.75. The van der Waals surface area contributed by atoms with Crippen molar-refractivity contribution in [2.45, 2.75) is 19.3 Å². The van der Waals surface area contributed by atoms with Gasteiger partial charge in [0.15, 0.2) is 11.5 Å². The molecule has 160 valence electrons. The minimum atomic E-state index is 0.0200. The summed E-state index contributed by atoms with van der Waals surface area (Å²) in [5, 5.41) is 17.6. The van der Waals surface area contributed by atoms with Crippen LogP contribution in [-0.2, 0) is 0 Å². The fourth-order valence-electron chi connectivity index (χ4n) is 3.32. The second-order valence-electron chi connectivity index (χ2n) is 7.09. The van der Waals surface area contributed by atoms with E-state index >= 15 is 0 Å². The molecule has 1 fully saturated rings. The van der Waals surface area contributed by atoms with Crippen molar-refractivity contribution in [2.75, 3.05) is 35.8 Å². The molecule has 0 radical (unpaired) electrons. The minimum Gasteiger partial charge on any atom is -0.504 e. The first-order valence-electron chi connectivity index (χ1n) is 10.2. The highest BCUT2D eigenvalue weighted by Crippen LogP contribution is 2.28. The average Bonchev–Trinajstić information content (AvgIpc) is 2.81. The van der Waals surface area contributed by atoms with Gasteiger partial charge in [0.05, 0.1) is 13.3 Å². The number of rotatable bonds is 7. The Labute approximate surface area is 180 Å². The maximum absolute atomic E-state index is 10.2. The quantitative estimate of drug-likeness (QED) is 0.392. The summed E-state index contributed by atoms with van der Waals surface area (Å²) >= 11 is 0. The molecular formula is C22H25N7O2. The lowest BCUT2D eigenvalue weighted by Crippen LogP contribution is -2.31. The number of hydrogen-bond acceptors (Lipinski definition) is 9. The van der Waals surface area contributed by atoms with Crippen LogP contribution in [0.5, 0.6) is 11.5 Å². The first kappa shape index (κ1) is 20.4. The summed E-state index contributed by atoms with van der Waals surface area (Å²) in [7, 11) is 1.50. The topological polar surface area (TPSA) is 108 Å². The third kappa shape index (κ3) is 5.19. The lowest BCUT2D eigenvalue weighted by atomic mass is 10.1. The summed E-state index contributed by atoms with van der Waals surface area (Å²) in [6.07, 6.45) is 4.94. The van der Waals surface area contributed by atoms with Crippen LogP contribution in [0.2, 0.25) is 0 Å². The fourth-order valence-corrected chi connectivity index (χ4v) is 3.32. The van der Waals surface area contributed by atoms with Crippen LogP contribution in [0.1, 0.15) is 24.8 Å². The third-order valence-corrected chi connectivity index (χ3v) is 4.91. The van der Waals surface area contributed by atoms with Crippen LogP contribution in [0.3, 0.4) is 0 Å². The number of benzene rings is 2. The molecule has 0 atom stereocenters. The zero-order chi connectivity index (χ0) is 21.5. The number of phenolic OH excluding ortho intramolecular Hbond substituents is 1. The van der Waals surface area contributed by atoms with Gasteiger partial charge in [-0.1, -0.05) is 24.3 Å². The Kier molecular flexibility index (Phi) is 6.41. The van der Waals surface area contributed by atoms with Crippen LogP contribution in [0.25, 0.3) is 0 Å². The minimum absolute atomic E-state index is 0.0200. The lowest BCUT2D eigenvalue weighted by molar-refractivity contribution is 0.373. The predicted molar refractivity (Wildman–Crippen MR) is 121 cm³/mol. The number of anilines is 4. The summed E-state index contributed by atoms with van der Waals surface area (Å²) in [6.45, 7) is 1.82. The van der Waals surface area contributed by atoms with Crippen LogP contribution < -0.4 is 20.4 Å². The van der Waals surface area contributed by atoms with E-state index in [1.165, 1.54) is 19.7 Å².